The molecule has 5 heteroatoms. The number of carbonyl (C=O) groups is 1. The van der Waals surface area contributed by atoms with Crippen molar-refractivity contribution < 1.29 is 9.90 Å². The van der Waals surface area contributed by atoms with Gasteiger partial charge < -0.3 is 14.9 Å². The maximum atomic E-state index is 14.2. The number of allylic oxidation sites excluding steroid dienone is 8. The van der Waals surface area contributed by atoms with Crippen molar-refractivity contribution in [2.45, 2.75) is 13.8 Å². The van der Waals surface area contributed by atoms with E-state index in [-0.39, 0.29) is 22.7 Å². The fourth-order valence-corrected chi connectivity index (χ4v) is 5.25. The molecule has 0 heterocycles. The minimum atomic E-state index is -0.235. The summed E-state index contributed by atoms with van der Waals surface area (Å²) in [5.41, 5.74) is 9.13. The molecular formula is C37H36N3O2-. The molecule has 212 valence electrons. The van der Waals surface area contributed by atoms with Crippen LogP contribution in [0.25, 0.3) is 11.1 Å². The normalized spacial score (nSPS) is 15.5. The van der Waals surface area contributed by atoms with E-state index in [9.17, 15) is 9.90 Å². The molecule has 0 bridgehead atoms. The zero-order chi connectivity index (χ0) is 30.0. The van der Waals surface area contributed by atoms with Crippen molar-refractivity contribution >= 4 is 34.0 Å². The van der Waals surface area contributed by atoms with Crippen molar-refractivity contribution in [2.24, 2.45) is 4.99 Å². The SMILES string of the molecule is CCN=C1C=CC(=C(C2=C([O-])/C(=C(\c3ccc(C)cc3)c3ccc(N(C)C)cc3)C2=O)c2ccc(N(C)C)cc2)C=C1. The van der Waals surface area contributed by atoms with Crippen LogP contribution in [0.4, 0.5) is 11.4 Å². The Labute approximate surface area is 248 Å². The second kappa shape index (κ2) is 11.9. The van der Waals surface area contributed by atoms with Gasteiger partial charge in [0.15, 0.2) is 5.78 Å². The molecule has 0 unspecified atom stereocenters. The summed E-state index contributed by atoms with van der Waals surface area (Å²) < 4.78 is 0. The number of aliphatic imine (C=N–C) groups is 1. The maximum absolute atomic E-state index is 14.2. The third-order valence-electron chi connectivity index (χ3n) is 7.59. The molecule has 0 aliphatic heterocycles. The lowest BCUT2D eigenvalue weighted by Gasteiger charge is -2.35. The molecule has 5 rings (SSSR count). The molecule has 0 radical (unpaired) electrons. The second-order valence-electron chi connectivity index (χ2n) is 10.9. The zero-order valence-electron chi connectivity index (χ0n) is 25.1. The molecule has 0 atom stereocenters. The van der Waals surface area contributed by atoms with Gasteiger partial charge in [-0.2, -0.15) is 0 Å². The third kappa shape index (κ3) is 5.51. The summed E-state index contributed by atoms with van der Waals surface area (Å²) >= 11 is 0. The molecular weight excluding hydrogens is 518 g/mol. The zero-order valence-corrected chi connectivity index (χ0v) is 25.1. The van der Waals surface area contributed by atoms with Gasteiger partial charge in [-0.05, 0) is 83.7 Å². The predicted octanol–water partition coefficient (Wildman–Crippen LogP) is 6.17. The summed E-state index contributed by atoms with van der Waals surface area (Å²) in [6.07, 6.45) is 7.75. The van der Waals surface area contributed by atoms with Gasteiger partial charge in [-0.25, -0.2) is 0 Å². The Balaban J connectivity index is 1.72. The van der Waals surface area contributed by atoms with Crippen molar-refractivity contribution in [3.63, 3.8) is 0 Å². The van der Waals surface area contributed by atoms with Crippen LogP contribution < -0.4 is 14.9 Å². The fraction of sp³-hybridized carbons (Fsp3) is 0.189. The van der Waals surface area contributed by atoms with E-state index < -0.39 is 0 Å². The molecule has 2 aliphatic rings. The van der Waals surface area contributed by atoms with Crippen LogP contribution in [-0.2, 0) is 4.79 Å². The van der Waals surface area contributed by atoms with E-state index >= 15 is 0 Å². The van der Waals surface area contributed by atoms with E-state index in [0.29, 0.717) is 17.7 Å². The van der Waals surface area contributed by atoms with Gasteiger partial charge in [-0.1, -0.05) is 72.0 Å². The number of rotatable bonds is 7. The predicted molar refractivity (Wildman–Crippen MR) is 174 cm³/mol. The number of benzene rings is 3. The standard InChI is InChI=1S/C37H37N3O2/c1-7-38-29-18-12-26(13-19-29)33(28-16-22-31(23-17-28)40(5)6)35-36(41)34(37(35)42)32(25-10-8-24(2)9-11-25)27-14-20-30(21-15-27)39(3)4/h8-23,41H,7H2,1-6H3/p-1/b33-26?,34-32-,38-29?. The van der Waals surface area contributed by atoms with E-state index in [1.54, 1.807) is 0 Å². The highest BCUT2D eigenvalue weighted by Gasteiger charge is 2.34. The van der Waals surface area contributed by atoms with Crippen molar-refractivity contribution in [2.75, 3.05) is 44.5 Å². The third-order valence-corrected chi connectivity index (χ3v) is 7.59. The number of hydrogen-bond acceptors (Lipinski definition) is 5. The molecule has 0 fully saturated rings. The van der Waals surface area contributed by atoms with E-state index in [4.69, 9.17) is 0 Å². The molecule has 0 spiro atoms. The van der Waals surface area contributed by atoms with Gasteiger partial charge >= 0.3 is 0 Å². The largest absolute Gasteiger partial charge is 0.871 e. The topological polar surface area (TPSA) is 59.0 Å². The van der Waals surface area contributed by atoms with Crippen molar-refractivity contribution in [3.8, 4) is 0 Å². The number of nitrogens with zero attached hydrogens (tertiary/aromatic N) is 3. The first kappa shape index (κ1) is 28.6. The number of Topliss-reactive ketones (excluding diaryl/α,β-unsaturated/α-hetero) is 1. The first-order valence-electron chi connectivity index (χ1n) is 14.2. The molecule has 3 aromatic carbocycles. The average molecular weight is 555 g/mol. The van der Waals surface area contributed by atoms with E-state index in [2.05, 4.69) is 4.99 Å². The van der Waals surface area contributed by atoms with Crippen LogP contribution in [0.1, 0.15) is 29.2 Å². The molecule has 0 N–H and O–H groups in total. The summed E-state index contributed by atoms with van der Waals surface area (Å²) in [5.74, 6) is -0.470. The number of carbonyl (C=O) groups excluding carboxylic acids is 1. The molecule has 42 heavy (non-hydrogen) atoms. The van der Waals surface area contributed by atoms with Crippen LogP contribution >= 0.6 is 0 Å². The fourth-order valence-electron chi connectivity index (χ4n) is 5.25. The summed E-state index contributed by atoms with van der Waals surface area (Å²) in [5, 5.41) is 14.2. The van der Waals surface area contributed by atoms with Crippen molar-refractivity contribution in [1.29, 1.82) is 0 Å². The number of ketones is 1. The Morgan fingerprint density at radius 1 is 0.690 bits per heavy atom. The molecule has 3 aromatic rings. The average Bonchev–Trinajstić information content (AvgIpc) is 3.00. The molecule has 0 saturated heterocycles. The number of anilines is 2. The van der Waals surface area contributed by atoms with Gasteiger partial charge in [0, 0.05) is 57.3 Å². The number of hydrogen-bond donors (Lipinski definition) is 0. The van der Waals surface area contributed by atoms with Crippen LogP contribution in [0.3, 0.4) is 0 Å². The van der Waals surface area contributed by atoms with E-state index in [1.165, 1.54) is 0 Å². The lowest BCUT2D eigenvalue weighted by atomic mass is 9.74. The van der Waals surface area contributed by atoms with Crippen LogP contribution in [0, 0.1) is 6.92 Å². The smallest absolute Gasteiger partial charge is 0.193 e. The van der Waals surface area contributed by atoms with Crippen molar-refractivity contribution in [1.82, 2.24) is 0 Å². The lowest BCUT2D eigenvalue weighted by molar-refractivity contribution is -0.300. The van der Waals surface area contributed by atoms with Gasteiger partial charge in [0.2, 0.25) is 0 Å². The van der Waals surface area contributed by atoms with Crippen molar-refractivity contribution in [3.05, 3.63) is 142 Å². The lowest BCUT2D eigenvalue weighted by Crippen LogP contribution is -2.32. The monoisotopic (exact) mass is 554 g/mol. The minimum absolute atomic E-state index is 0.220. The Morgan fingerprint density at radius 2 is 1.14 bits per heavy atom. The highest BCUT2D eigenvalue weighted by Crippen LogP contribution is 2.44. The van der Waals surface area contributed by atoms with Gasteiger partial charge in [-0.3, -0.25) is 9.79 Å². The van der Waals surface area contributed by atoms with Crippen LogP contribution in [-0.4, -0.2) is 46.2 Å². The van der Waals surface area contributed by atoms with Gasteiger partial charge in [0.25, 0.3) is 0 Å². The Morgan fingerprint density at radius 3 is 1.57 bits per heavy atom. The summed E-state index contributed by atoms with van der Waals surface area (Å²) in [6, 6.07) is 23.9. The molecule has 5 nitrogen and oxygen atoms in total. The first-order valence-corrected chi connectivity index (χ1v) is 14.2. The second-order valence-corrected chi connectivity index (χ2v) is 10.9. The van der Waals surface area contributed by atoms with E-state index in [0.717, 1.165) is 44.9 Å². The summed E-state index contributed by atoms with van der Waals surface area (Å²) in [6.45, 7) is 4.70. The Bertz CT molecular complexity index is 1680. The van der Waals surface area contributed by atoms with Crippen LogP contribution in [0.2, 0.25) is 0 Å². The van der Waals surface area contributed by atoms with Gasteiger partial charge in [-0.15, -0.1) is 0 Å². The molecule has 2 aliphatic carbocycles. The van der Waals surface area contributed by atoms with Crippen LogP contribution in [0.15, 0.2) is 125 Å². The minimum Gasteiger partial charge on any atom is -0.871 e. The Kier molecular flexibility index (Phi) is 8.12. The highest BCUT2D eigenvalue weighted by molar-refractivity contribution is 6.32. The van der Waals surface area contributed by atoms with Crippen LogP contribution in [0.5, 0.6) is 0 Å². The first-order chi connectivity index (χ1) is 20.2. The van der Waals surface area contributed by atoms with Gasteiger partial charge in [0.1, 0.15) is 0 Å². The van der Waals surface area contributed by atoms with E-state index in [1.807, 2.05) is 149 Å². The Hall–Kier alpha value is -4.90. The summed E-state index contributed by atoms with van der Waals surface area (Å²) in [4.78, 5) is 22.7. The molecule has 0 saturated carbocycles. The summed E-state index contributed by atoms with van der Waals surface area (Å²) in [7, 11) is 7.94. The molecule has 0 amide bonds. The maximum Gasteiger partial charge on any atom is 0.193 e. The molecule has 0 aromatic heterocycles. The highest BCUT2D eigenvalue weighted by atomic mass is 16.3. The number of aryl methyl sites for hydroxylation is 1. The van der Waals surface area contributed by atoms with Gasteiger partial charge in [0.05, 0.1) is 5.71 Å². The quantitative estimate of drug-likeness (QED) is 0.328.